The highest BCUT2D eigenvalue weighted by Crippen LogP contribution is 2.27. The Morgan fingerprint density at radius 2 is 1.77 bits per heavy atom. The molecule has 0 bridgehead atoms. The molecule has 0 fully saturated rings. The number of nitrogens with zero attached hydrogens (tertiary/aromatic N) is 3. The van der Waals surface area contributed by atoms with Crippen LogP contribution in [0.3, 0.4) is 0 Å². The Balaban J connectivity index is 1.71. The van der Waals surface area contributed by atoms with Gasteiger partial charge in [-0.25, -0.2) is 9.48 Å². The highest BCUT2D eigenvalue weighted by Gasteiger charge is 2.31. The molecular formula is C25H27N3O3. The number of hydrogen-bond acceptors (Lipinski definition) is 4. The first-order valence-corrected chi connectivity index (χ1v) is 10.6. The van der Waals surface area contributed by atoms with E-state index in [-0.39, 0.29) is 18.2 Å². The molecule has 1 amide bonds. The standard InChI is InChI=1S/C25H27N3O3/c1-5-31-25(30)23-21-15-27(24(29)19-9-8-17(3)18(4)14-19)13-12-22(21)28(26-23)20-10-6-16(2)7-11-20/h6-11,14H,5,12-13,15H2,1-4H3. The maximum absolute atomic E-state index is 13.2. The fourth-order valence-corrected chi connectivity index (χ4v) is 3.91. The van der Waals surface area contributed by atoms with Crippen LogP contribution in [0.2, 0.25) is 0 Å². The summed E-state index contributed by atoms with van der Waals surface area (Å²) in [5.74, 6) is -0.489. The third kappa shape index (κ3) is 3.98. The van der Waals surface area contributed by atoms with E-state index in [0.29, 0.717) is 25.1 Å². The summed E-state index contributed by atoms with van der Waals surface area (Å²) in [4.78, 5) is 27.6. The smallest absolute Gasteiger partial charge is 0.359 e. The Labute approximate surface area is 182 Å². The van der Waals surface area contributed by atoms with E-state index in [4.69, 9.17) is 4.74 Å². The van der Waals surface area contributed by atoms with Gasteiger partial charge in [0.15, 0.2) is 5.69 Å². The highest BCUT2D eigenvalue weighted by molar-refractivity contribution is 5.95. The van der Waals surface area contributed by atoms with Crippen LogP contribution in [0.5, 0.6) is 0 Å². The van der Waals surface area contributed by atoms with Crippen molar-refractivity contribution in [1.82, 2.24) is 14.7 Å². The van der Waals surface area contributed by atoms with E-state index in [0.717, 1.165) is 33.6 Å². The average Bonchev–Trinajstić information content (AvgIpc) is 3.15. The molecule has 0 spiro atoms. The molecule has 2 aromatic carbocycles. The van der Waals surface area contributed by atoms with Gasteiger partial charge in [0.05, 0.1) is 24.5 Å². The van der Waals surface area contributed by atoms with Crippen molar-refractivity contribution in [1.29, 1.82) is 0 Å². The number of fused-ring (bicyclic) bond motifs is 1. The van der Waals surface area contributed by atoms with Crippen molar-refractivity contribution in [3.8, 4) is 5.69 Å². The molecular weight excluding hydrogens is 390 g/mol. The van der Waals surface area contributed by atoms with Crippen LogP contribution in [0.15, 0.2) is 42.5 Å². The number of aryl methyl sites for hydroxylation is 3. The van der Waals surface area contributed by atoms with Gasteiger partial charge in [-0.1, -0.05) is 23.8 Å². The zero-order valence-corrected chi connectivity index (χ0v) is 18.4. The number of aromatic nitrogens is 2. The van der Waals surface area contributed by atoms with Crippen LogP contribution >= 0.6 is 0 Å². The molecule has 4 rings (SSSR count). The zero-order chi connectivity index (χ0) is 22.1. The van der Waals surface area contributed by atoms with Crippen molar-refractivity contribution in [2.45, 2.75) is 40.7 Å². The normalized spacial score (nSPS) is 13.1. The molecule has 3 aromatic rings. The number of benzene rings is 2. The largest absolute Gasteiger partial charge is 0.461 e. The molecule has 0 aliphatic carbocycles. The second kappa shape index (κ2) is 8.38. The van der Waals surface area contributed by atoms with Crippen molar-refractivity contribution in [3.63, 3.8) is 0 Å². The quantitative estimate of drug-likeness (QED) is 0.598. The summed E-state index contributed by atoms with van der Waals surface area (Å²) < 4.78 is 7.07. The molecule has 6 heteroatoms. The van der Waals surface area contributed by atoms with E-state index in [2.05, 4.69) is 5.10 Å². The Bertz CT molecular complexity index is 1150. The van der Waals surface area contributed by atoms with Gasteiger partial charge >= 0.3 is 5.97 Å². The third-order valence-electron chi connectivity index (χ3n) is 5.85. The van der Waals surface area contributed by atoms with Gasteiger partial charge in [-0.3, -0.25) is 4.79 Å². The fraction of sp³-hybridized carbons (Fsp3) is 0.320. The molecule has 0 radical (unpaired) electrons. The summed E-state index contributed by atoms with van der Waals surface area (Å²) >= 11 is 0. The Morgan fingerprint density at radius 3 is 2.45 bits per heavy atom. The number of hydrogen-bond donors (Lipinski definition) is 0. The summed E-state index contributed by atoms with van der Waals surface area (Å²) in [5, 5.41) is 4.61. The molecule has 31 heavy (non-hydrogen) atoms. The first-order chi connectivity index (χ1) is 14.9. The first kappa shape index (κ1) is 20.8. The van der Waals surface area contributed by atoms with Crippen molar-refractivity contribution < 1.29 is 14.3 Å². The van der Waals surface area contributed by atoms with Crippen molar-refractivity contribution in [3.05, 3.63) is 81.7 Å². The lowest BCUT2D eigenvalue weighted by Gasteiger charge is -2.28. The van der Waals surface area contributed by atoms with E-state index in [1.54, 1.807) is 11.8 Å². The molecule has 2 heterocycles. The number of carbonyl (C=O) groups excluding carboxylic acids is 2. The van der Waals surface area contributed by atoms with Crippen LogP contribution in [0.25, 0.3) is 5.69 Å². The van der Waals surface area contributed by atoms with Gasteiger partial charge in [0.2, 0.25) is 0 Å². The maximum atomic E-state index is 13.2. The van der Waals surface area contributed by atoms with Gasteiger partial charge in [-0.05, 0) is 63.1 Å². The molecule has 1 aromatic heterocycles. The molecule has 1 aliphatic heterocycles. The first-order valence-electron chi connectivity index (χ1n) is 10.6. The minimum absolute atomic E-state index is 0.0355. The minimum Gasteiger partial charge on any atom is -0.461 e. The monoisotopic (exact) mass is 417 g/mol. The molecule has 6 nitrogen and oxygen atoms in total. The molecule has 1 aliphatic rings. The van der Waals surface area contributed by atoms with Crippen LogP contribution < -0.4 is 0 Å². The summed E-state index contributed by atoms with van der Waals surface area (Å²) in [6, 6.07) is 13.8. The number of carbonyl (C=O) groups is 2. The number of amides is 1. The molecule has 0 N–H and O–H groups in total. The predicted molar refractivity (Wildman–Crippen MR) is 119 cm³/mol. The van der Waals surface area contributed by atoms with Gasteiger partial charge in [0.25, 0.3) is 5.91 Å². The molecule has 0 atom stereocenters. The average molecular weight is 418 g/mol. The Morgan fingerprint density at radius 1 is 1.03 bits per heavy atom. The van der Waals surface area contributed by atoms with Crippen molar-refractivity contribution >= 4 is 11.9 Å². The van der Waals surface area contributed by atoms with E-state index in [1.165, 1.54) is 0 Å². The second-order valence-electron chi connectivity index (χ2n) is 8.02. The van der Waals surface area contributed by atoms with Gasteiger partial charge in [0, 0.05) is 24.1 Å². The molecule has 0 saturated heterocycles. The van der Waals surface area contributed by atoms with Crippen LogP contribution in [-0.2, 0) is 17.7 Å². The maximum Gasteiger partial charge on any atom is 0.359 e. The van der Waals surface area contributed by atoms with Gasteiger partial charge in [-0.15, -0.1) is 0 Å². The fourth-order valence-electron chi connectivity index (χ4n) is 3.91. The van der Waals surface area contributed by atoms with Gasteiger partial charge in [0.1, 0.15) is 0 Å². The number of ether oxygens (including phenoxy) is 1. The number of esters is 1. The van der Waals surface area contributed by atoms with E-state index < -0.39 is 5.97 Å². The van der Waals surface area contributed by atoms with Gasteiger partial charge in [-0.2, -0.15) is 5.10 Å². The van der Waals surface area contributed by atoms with Crippen molar-refractivity contribution in [2.24, 2.45) is 0 Å². The third-order valence-corrected chi connectivity index (χ3v) is 5.85. The SMILES string of the molecule is CCOC(=O)c1nn(-c2ccc(C)cc2)c2c1CN(C(=O)c1ccc(C)c(C)c1)CC2. The van der Waals surface area contributed by atoms with Crippen LogP contribution in [0, 0.1) is 20.8 Å². The lowest BCUT2D eigenvalue weighted by Crippen LogP contribution is -2.36. The molecule has 160 valence electrons. The Hall–Kier alpha value is -3.41. The van der Waals surface area contributed by atoms with Crippen LogP contribution in [-0.4, -0.2) is 39.7 Å². The van der Waals surface area contributed by atoms with Crippen LogP contribution in [0.4, 0.5) is 0 Å². The number of rotatable bonds is 4. The van der Waals surface area contributed by atoms with E-state index in [9.17, 15) is 9.59 Å². The highest BCUT2D eigenvalue weighted by atomic mass is 16.5. The lowest BCUT2D eigenvalue weighted by molar-refractivity contribution is 0.0513. The van der Waals surface area contributed by atoms with Crippen LogP contribution in [0.1, 0.15) is 55.7 Å². The molecule has 0 saturated carbocycles. The second-order valence-corrected chi connectivity index (χ2v) is 8.02. The van der Waals surface area contributed by atoms with Crippen molar-refractivity contribution in [2.75, 3.05) is 13.2 Å². The topological polar surface area (TPSA) is 64.4 Å². The zero-order valence-electron chi connectivity index (χ0n) is 18.4. The summed E-state index contributed by atoms with van der Waals surface area (Å²) in [6.07, 6.45) is 0.617. The minimum atomic E-state index is -0.454. The predicted octanol–water partition coefficient (Wildman–Crippen LogP) is 4.17. The molecule has 0 unspecified atom stereocenters. The summed E-state index contributed by atoms with van der Waals surface area (Å²) in [7, 11) is 0. The van der Waals surface area contributed by atoms with E-state index in [1.807, 2.05) is 67.9 Å². The van der Waals surface area contributed by atoms with E-state index >= 15 is 0 Å². The summed E-state index contributed by atoms with van der Waals surface area (Å²) in [6.45, 7) is 9.02. The Kier molecular flexibility index (Phi) is 5.63. The van der Waals surface area contributed by atoms with Gasteiger partial charge < -0.3 is 9.64 Å². The lowest BCUT2D eigenvalue weighted by atomic mass is 10.0. The summed E-state index contributed by atoms with van der Waals surface area (Å²) in [5.41, 5.74) is 6.96.